The first-order valence-corrected chi connectivity index (χ1v) is 8.44. The van der Waals surface area contributed by atoms with Crippen molar-refractivity contribution >= 4 is 34.1 Å². The van der Waals surface area contributed by atoms with Crippen LogP contribution in [0.4, 0.5) is 5.69 Å². The number of nitriles is 1. The molecule has 4 aromatic rings. The smallest absolute Gasteiger partial charge is 0.357 e. The number of hydrogen-bond donors (Lipinski definition) is 1. The zero-order valence-corrected chi connectivity index (χ0v) is 14.4. The van der Waals surface area contributed by atoms with Crippen molar-refractivity contribution in [3.63, 3.8) is 0 Å². The van der Waals surface area contributed by atoms with Crippen LogP contribution in [-0.2, 0) is 4.74 Å². The molecule has 0 fully saturated rings. The highest BCUT2D eigenvalue weighted by Gasteiger charge is 2.22. The fourth-order valence-electron chi connectivity index (χ4n) is 2.69. The normalized spacial score (nSPS) is 10.8. The van der Waals surface area contributed by atoms with Crippen molar-refractivity contribution in [3.8, 4) is 22.5 Å². The Morgan fingerprint density at radius 3 is 2.96 bits per heavy atom. The minimum Gasteiger partial charge on any atom is -0.464 e. The van der Waals surface area contributed by atoms with Gasteiger partial charge in [0.2, 0.25) is 5.89 Å². The second kappa shape index (κ2) is 6.06. The van der Waals surface area contributed by atoms with Crippen LogP contribution < -0.4 is 5.73 Å². The summed E-state index contributed by atoms with van der Waals surface area (Å²) in [6.45, 7) is 0. The molecule has 8 heteroatoms. The molecule has 7 nitrogen and oxygen atoms in total. The average molecular weight is 364 g/mol. The van der Waals surface area contributed by atoms with E-state index in [1.165, 1.54) is 29.2 Å². The largest absolute Gasteiger partial charge is 0.464 e. The van der Waals surface area contributed by atoms with Crippen molar-refractivity contribution in [2.75, 3.05) is 12.8 Å². The highest BCUT2D eigenvalue weighted by atomic mass is 32.1. The molecule has 0 spiro atoms. The van der Waals surface area contributed by atoms with E-state index in [1.807, 2.05) is 23.6 Å². The standard InChI is InChI=1S/C18H12N4O3S/c1-24-18(23)16-15(20)10(8-19)9-22(16)11-4-5-13-12(7-11)21-17(25-13)14-3-2-6-26-14/h2-7,9H,20H2,1H3. The van der Waals surface area contributed by atoms with Crippen LogP contribution in [0, 0.1) is 11.3 Å². The van der Waals surface area contributed by atoms with Crippen LogP contribution in [0.2, 0.25) is 0 Å². The molecule has 0 bridgehead atoms. The molecule has 2 N–H and O–H groups in total. The zero-order chi connectivity index (χ0) is 18.3. The van der Waals surface area contributed by atoms with Gasteiger partial charge in [-0.1, -0.05) is 6.07 Å². The number of oxazole rings is 1. The summed E-state index contributed by atoms with van der Waals surface area (Å²) in [5, 5.41) is 11.2. The van der Waals surface area contributed by atoms with Crippen molar-refractivity contribution in [3.05, 3.63) is 53.2 Å². The van der Waals surface area contributed by atoms with E-state index in [0.717, 1.165) is 4.88 Å². The maximum absolute atomic E-state index is 12.1. The molecule has 0 amide bonds. The molecule has 0 radical (unpaired) electrons. The van der Waals surface area contributed by atoms with Gasteiger partial charge in [0.1, 0.15) is 11.6 Å². The van der Waals surface area contributed by atoms with E-state index in [-0.39, 0.29) is 16.9 Å². The molecule has 0 atom stereocenters. The monoisotopic (exact) mass is 364 g/mol. The molecule has 0 unspecified atom stereocenters. The molecule has 1 aromatic carbocycles. The molecule has 128 valence electrons. The Morgan fingerprint density at radius 2 is 2.27 bits per heavy atom. The fraction of sp³-hybridized carbons (Fsp3) is 0.0556. The van der Waals surface area contributed by atoms with Crippen LogP contribution in [0.5, 0.6) is 0 Å². The van der Waals surface area contributed by atoms with Crippen molar-refractivity contribution < 1.29 is 13.9 Å². The lowest BCUT2D eigenvalue weighted by molar-refractivity contribution is 0.0593. The Bertz CT molecular complexity index is 1170. The predicted molar refractivity (Wildman–Crippen MR) is 97.1 cm³/mol. The van der Waals surface area contributed by atoms with Crippen LogP contribution in [0.15, 0.2) is 46.3 Å². The number of fused-ring (bicyclic) bond motifs is 1. The Morgan fingerprint density at radius 1 is 1.42 bits per heavy atom. The van der Waals surface area contributed by atoms with E-state index in [0.29, 0.717) is 22.7 Å². The summed E-state index contributed by atoms with van der Waals surface area (Å²) < 4.78 is 12.1. The summed E-state index contributed by atoms with van der Waals surface area (Å²) >= 11 is 1.53. The second-order valence-electron chi connectivity index (χ2n) is 5.43. The number of thiophene rings is 1. The van der Waals surface area contributed by atoms with Gasteiger partial charge in [-0.15, -0.1) is 11.3 Å². The Balaban J connectivity index is 1.87. The van der Waals surface area contributed by atoms with Crippen molar-refractivity contribution in [2.24, 2.45) is 0 Å². The van der Waals surface area contributed by atoms with Gasteiger partial charge in [0.25, 0.3) is 0 Å². The van der Waals surface area contributed by atoms with Crippen molar-refractivity contribution in [1.82, 2.24) is 9.55 Å². The molecule has 3 aromatic heterocycles. The van der Waals surface area contributed by atoms with Gasteiger partial charge in [0.15, 0.2) is 11.3 Å². The first-order valence-electron chi connectivity index (χ1n) is 7.56. The van der Waals surface area contributed by atoms with Crippen LogP contribution in [0.25, 0.3) is 27.6 Å². The average Bonchev–Trinajstić information content (AvgIpc) is 3.38. The number of ether oxygens (including phenoxy) is 1. The molecule has 0 saturated carbocycles. The Labute approximate surface area is 151 Å². The minimum atomic E-state index is -0.622. The van der Waals surface area contributed by atoms with E-state index in [2.05, 4.69) is 4.98 Å². The number of methoxy groups -OCH3 is 1. The van der Waals surface area contributed by atoms with Crippen LogP contribution in [0.3, 0.4) is 0 Å². The Kier molecular flexibility index (Phi) is 3.71. The van der Waals surface area contributed by atoms with Crippen LogP contribution >= 0.6 is 11.3 Å². The molecule has 4 rings (SSSR count). The number of nitrogen functional groups attached to an aromatic ring is 1. The summed E-state index contributed by atoms with van der Waals surface area (Å²) in [6.07, 6.45) is 1.50. The number of nitrogens with two attached hydrogens (primary N) is 1. The molecule has 3 heterocycles. The van der Waals surface area contributed by atoms with Gasteiger partial charge in [-0.25, -0.2) is 9.78 Å². The number of anilines is 1. The fourth-order valence-corrected chi connectivity index (χ4v) is 3.34. The predicted octanol–water partition coefficient (Wildman–Crippen LogP) is 3.59. The number of hydrogen-bond acceptors (Lipinski definition) is 7. The minimum absolute atomic E-state index is 0.0823. The van der Waals surface area contributed by atoms with E-state index in [9.17, 15) is 10.1 Å². The Hall–Kier alpha value is -3.57. The number of esters is 1. The first kappa shape index (κ1) is 15.9. The van der Waals surface area contributed by atoms with Crippen LogP contribution in [0.1, 0.15) is 16.1 Å². The van der Waals surface area contributed by atoms with E-state index < -0.39 is 5.97 Å². The quantitative estimate of drug-likeness (QED) is 0.557. The highest BCUT2D eigenvalue weighted by molar-refractivity contribution is 7.13. The van der Waals surface area contributed by atoms with E-state index in [1.54, 1.807) is 18.2 Å². The number of carbonyl (C=O) groups is 1. The number of aromatic nitrogens is 2. The highest BCUT2D eigenvalue weighted by Crippen LogP contribution is 2.30. The van der Waals surface area contributed by atoms with Gasteiger partial charge in [-0.3, -0.25) is 0 Å². The lowest BCUT2D eigenvalue weighted by Gasteiger charge is -2.08. The summed E-state index contributed by atoms with van der Waals surface area (Å²) in [7, 11) is 1.26. The topological polar surface area (TPSA) is 107 Å². The molecular weight excluding hydrogens is 352 g/mol. The van der Waals surface area contributed by atoms with Gasteiger partial charge in [0, 0.05) is 11.9 Å². The summed E-state index contributed by atoms with van der Waals surface area (Å²) in [6, 6.07) is 11.1. The summed E-state index contributed by atoms with van der Waals surface area (Å²) in [5.41, 5.74) is 8.19. The first-order chi connectivity index (χ1) is 12.6. The number of nitrogens with zero attached hydrogens (tertiary/aromatic N) is 3. The van der Waals surface area contributed by atoms with E-state index in [4.69, 9.17) is 14.9 Å². The van der Waals surface area contributed by atoms with E-state index >= 15 is 0 Å². The number of rotatable bonds is 3. The van der Waals surface area contributed by atoms with Crippen LogP contribution in [-0.4, -0.2) is 22.6 Å². The van der Waals surface area contributed by atoms with Gasteiger partial charge >= 0.3 is 5.97 Å². The van der Waals surface area contributed by atoms with Crippen molar-refractivity contribution in [2.45, 2.75) is 0 Å². The third-order valence-electron chi connectivity index (χ3n) is 3.92. The molecule has 26 heavy (non-hydrogen) atoms. The molecule has 0 aliphatic rings. The third kappa shape index (κ3) is 2.42. The maximum Gasteiger partial charge on any atom is 0.357 e. The van der Waals surface area contributed by atoms with Gasteiger partial charge in [0.05, 0.1) is 23.2 Å². The van der Waals surface area contributed by atoms with Gasteiger partial charge < -0.3 is 19.5 Å². The van der Waals surface area contributed by atoms with Gasteiger partial charge in [-0.05, 0) is 29.6 Å². The number of carbonyl (C=O) groups excluding carboxylic acids is 1. The zero-order valence-electron chi connectivity index (χ0n) is 13.6. The lowest BCUT2D eigenvalue weighted by Crippen LogP contribution is -2.11. The SMILES string of the molecule is COC(=O)c1c(N)c(C#N)cn1-c1ccc2oc(-c3cccs3)nc2c1. The lowest BCUT2D eigenvalue weighted by atomic mass is 10.2. The number of benzene rings is 1. The maximum atomic E-state index is 12.1. The second-order valence-corrected chi connectivity index (χ2v) is 6.37. The molecular formula is C18H12N4O3S. The summed E-state index contributed by atoms with van der Waals surface area (Å²) in [4.78, 5) is 17.5. The molecule has 0 aliphatic carbocycles. The summed E-state index contributed by atoms with van der Waals surface area (Å²) in [5.74, 6) is -0.0893. The molecule has 0 saturated heterocycles. The van der Waals surface area contributed by atoms with Gasteiger partial charge in [-0.2, -0.15) is 5.26 Å². The molecule has 0 aliphatic heterocycles. The van der Waals surface area contributed by atoms with Crippen molar-refractivity contribution in [1.29, 1.82) is 5.26 Å². The third-order valence-corrected chi connectivity index (χ3v) is 4.78.